The molecule has 0 amide bonds. The van der Waals surface area contributed by atoms with Gasteiger partial charge in [-0.3, -0.25) is 4.98 Å². The van der Waals surface area contributed by atoms with Gasteiger partial charge in [0.2, 0.25) is 0 Å². The first-order valence-corrected chi connectivity index (χ1v) is 10.7. The number of pyridine rings is 1. The lowest BCUT2D eigenvalue weighted by Crippen LogP contribution is -2.23. The van der Waals surface area contributed by atoms with Crippen molar-refractivity contribution >= 4 is 33.1 Å². The van der Waals surface area contributed by atoms with Crippen LogP contribution >= 0.6 is 11.3 Å². The Morgan fingerprint density at radius 3 is 2.37 bits per heavy atom. The third-order valence-electron chi connectivity index (χ3n) is 5.25. The molecule has 0 aliphatic carbocycles. The maximum absolute atomic E-state index is 4.79. The summed E-state index contributed by atoms with van der Waals surface area (Å²) in [6.07, 6.45) is 5.39. The van der Waals surface area contributed by atoms with E-state index in [1.165, 1.54) is 5.56 Å². The van der Waals surface area contributed by atoms with E-state index in [4.69, 9.17) is 4.98 Å². The minimum absolute atomic E-state index is 0.0442. The summed E-state index contributed by atoms with van der Waals surface area (Å²) in [6, 6.07) is 25.0. The van der Waals surface area contributed by atoms with Gasteiger partial charge in [0.15, 0.2) is 0 Å². The van der Waals surface area contributed by atoms with E-state index in [1.807, 2.05) is 24.4 Å². The van der Waals surface area contributed by atoms with Gasteiger partial charge in [0.1, 0.15) is 17.0 Å². The van der Waals surface area contributed by atoms with E-state index < -0.39 is 0 Å². The number of thiophene rings is 1. The number of benzene rings is 2. The van der Waals surface area contributed by atoms with Gasteiger partial charge in [-0.1, -0.05) is 54.6 Å². The molecule has 30 heavy (non-hydrogen) atoms. The number of fused-ring (bicyclic) bond motifs is 1. The van der Waals surface area contributed by atoms with Crippen LogP contribution in [0.25, 0.3) is 21.3 Å². The molecule has 0 bridgehead atoms. The highest BCUT2D eigenvalue weighted by Crippen LogP contribution is 2.42. The molecular formula is C25H20N4S. The molecule has 0 saturated heterocycles. The zero-order chi connectivity index (χ0) is 20.3. The summed E-state index contributed by atoms with van der Waals surface area (Å²) in [5.41, 5.74) is 4.54. The van der Waals surface area contributed by atoms with Crippen molar-refractivity contribution in [3.05, 3.63) is 102 Å². The number of nitrogens with zero attached hydrogens (tertiary/aromatic N) is 4. The molecule has 0 spiro atoms. The van der Waals surface area contributed by atoms with E-state index in [9.17, 15) is 0 Å². The third kappa shape index (κ3) is 3.33. The Morgan fingerprint density at radius 1 is 0.867 bits per heavy atom. The second-order valence-electron chi connectivity index (χ2n) is 7.06. The van der Waals surface area contributed by atoms with E-state index >= 15 is 0 Å². The first-order chi connectivity index (χ1) is 14.8. The monoisotopic (exact) mass is 408 g/mol. The number of rotatable bonds is 5. The van der Waals surface area contributed by atoms with E-state index in [2.05, 4.69) is 81.8 Å². The first kappa shape index (κ1) is 18.5. The molecule has 5 heteroatoms. The van der Waals surface area contributed by atoms with Crippen molar-refractivity contribution < 1.29 is 0 Å². The molecule has 5 aromatic rings. The highest BCUT2D eigenvalue weighted by atomic mass is 32.1. The second kappa shape index (κ2) is 8.05. The lowest BCUT2D eigenvalue weighted by atomic mass is 10.0. The Morgan fingerprint density at radius 2 is 1.63 bits per heavy atom. The number of para-hydroxylation sites is 1. The van der Waals surface area contributed by atoms with Gasteiger partial charge in [0.05, 0.1) is 11.4 Å². The molecule has 2 aromatic carbocycles. The van der Waals surface area contributed by atoms with Gasteiger partial charge in [-0.2, -0.15) is 0 Å². The second-order valence-corrected chi connectivity index (χ2v) is 7.92. The van der Waals surface area contributed by atoms with Crippen molar-refractivity contribution in [2.45, 2.75) is 13.0 Å². The highest BCUT2D eigenvalue weighted by Gasteiger charge is 2.24. The standard InChI is InChI=1S/C25H20N4S/c1-18(20-11-8-14-26-15-20)29(21-12-6-3-7-13-21)24-23-22(19-9-4-2-5-10-19)16-30-25(23)28-17-27-24/h2-18H,1H3. The maximum atomic E-state index is 4.79. The molecule has 0 aliphatic heterocycles. The predicted molar refractivity (Wildman–Crippen MR) is 124 cm³/mol. The minimum Gasteiger partial charge on any atom is -0.318 e. The van der Waals surface area contributed by atoms with Gasteiger partial charge in [-0.05, 0) is 36.2 Å². The Labute approximate surface area is 179 Å². The molecule has 0 aliphatic rings. The predicted octanol–water partition coefficient (Wildman–Crippen LogP) is 6.65. The van der Waals surface area contributed by atoms with E-state index in [0.717, 1.165) is 32.8 Å². The normalized spacial score (nSPS) is 12.0. The van der Waals surface area contributed by atoms with Crippen molar-refractivity contribution in [2.24, 2.45) is 0 Å². The number of hydrogen-bond acceptors (Lipinski definition) is 5. The number of anilines is 2. The van der Waals surface area contributed by atoms with Crippen molar-refractivity contribution in [3.8, 4) is 11.1 Å². The van der Waals surface area contributed by atoms with Crippen molar-refractivity contribution in [1.82, 2.24) is 15.0 Å². The first-order valence-electron chi connectivity index (χ1n) is 9.85. The van der Waals surface area contributed by atoms with Gasteiger partial charge < -0.3 is 4.90 Å². The maximum Gasteiger partial charge on any atom is 0.146 e. The summed E-state index contributed by atoms with van der Waals surface area (Å²) in [6.45, 7) is 2.19. The van der Waals surface area contributed by atoms with Crippen LogP contribution in [0.15, 0.2) is 96.9 Å². The number of hydrogen-bond donors (Lipinski definition) is 0. The molecule has 1 atom stereocenters. The van der Waals surface area contributed by atoms with Crippen LogP contribution in [0.2, 0.25) is 0 Å². The van der Waals surface area contributed by atoms with Crippen LogP contribution in [0.1, 0.15) is 18.5 Å². The summed E-state index contributed by atoms with van der Waals surface area (Å²) in [4.78, 5) is 17.0. The van der Waals surface area contributed by atoms with Crippen LogP contribution in [0, 0.1) is 0 Å². The van der Waals surface area contributed by atoms with Crippen molar-refractivity contribution in [3.63, 3.8) is 0 Å². The van der Waals surface area contributed by atoms with E-state index in [-0.39, 0.29) is 6.04 Å². The summed E-state index contributed by atoms with van der Waals surface area (Å²) < 4.78 is 0. The summed E-state index contributed by atoms with van der Waals surface area (Å²) in [5.74, 6) is 0.905. The fraction of sp³-hybridized carbons (Fsp3) is 0.0800. The Kier molecular flexibility index (Phi) is 4.95. The molecule has 3 aromatic heterocycles. The Balaban J connectivity index is 1.75. The molecule has 0 fully saturated rings. The molecule has 0 N–H and O–H groups in total. The van der Waals surface area contributed by atoms with Crippen LogP contribution in [0.4, 0.5) is 11.5 Å². The molecule has 0 saturated carbocycles. The van der Waals surface area contributed by atoms with Crippen LogP contribution in [-0.2, 0) is 0 Å². The fourth-order valence-electron chi connectivity index (χ4n) is 3.76. The highest BCUT2D eigenvalue weighted by molar-refractivity contribution is 7.17. The zero-order valence-electron chi connectivity index (χ0n) is 16.5. The fourth-order valence-corrected chi connectivity index (χ4v) is 4.67. The Hall–Kier alpha value is -3.57. The van der Waals surface area contributed by atoms with Crippen LogP contribution in [-0.4, -0.2) is 15.0 Å². The smallest absolute Gasteiger partial charge is 0.146 e. The van der Waals surface area contributed by atoms with Gasteiger partial charge in [-0.15, -0.1) is 11.3 Å². The van der Waals surface area contributed by atoms with E-state index in [1.54, 1.807) is 23.9 Å². The lowest BCUT2D eigenvalue weighted by molar-refractivity contribution is 0.760. The largest absolute Gasteiger partial charge is 0.318 e. The zero-order valence-corrected chi connectivity index (χ0v) is 17.3. The Bertz CT molecular complexity index is 1250. The molecule has 1 unspecified atom stereocenters. The van der Waals surface area contributed by atoms with Gasteiger partial charge in [0, 0.05) is 29.0 Å². The topological polar surface area (TPSA) is 41.9 Å². The lowest BCUT2D eigenvalue weighted by Gasteiger charge is -2.31. The van der Waals surface area contributed by atoms with Crippen molar-refractivity contribution in [1.29, 1.82) is 0 Å². The molecule has 146 valence electrons. The van der Waals surface area contributed by atoms with Crippen molar-refractivity contribution in [2.75, 3.05) is 4.90 Å². The quantitative estimate of drug-likeness (QED) is 0.326. The third-order valence-corrected chi connectivity index (χ3v) is 6.14. The van der Waals surface area contributed by atoms with Crippen LogP contribution < -0.4 is 4.90 Å². The van der Waals surface area contributed by atoms with Gasteiger partial charge >= 0.3 is 0 Å². The number of aromatic nitrogens is 3. The minimum atomic E-state index is 0.0442. The summed E-state index contributed by atoms with van der Waals surface area (Å²) in [5, 5.41) is 3.25. The average molecular weight is 409 g/mol. The van der Waals surface area contributed by atoms with Crippen LogP contribution in [0.3, 0.4) is 0 Å². The molecule has 4 nitrogen and oxygen atoms in total. The van der Waals surface area contributed by atoms with Gasteiger partial charge in [-0.25, -0.2) is 9.97 Å². The summed E-state index contributed by atoms with van der Waals surface area (Å²) in [7, 11) is 0. The molecular weight excluding hydrogens is 388 g/mol. The van der Waals surface area contributed by atoms with Crippen LogP contribution in [0.5, 0.6) is 0 Å². The average Bonchev–Trinajstić information content (AvgIpc) is 3.26. The molecule has 0 radical (unpaired) electrons. The molecule has 3 heterocycles. The summed E-state index contributed by atoms with van der Waals surface area (Å²) >= 11 is 1.65. The van der Waals surface area contributed by atoms with Gasteiger partial charge in [0.25, 0.3) is 0 Å². The molecule has 5 rings (SSSR count). The van der Waals surface area contributed by atoms with E-state index in [0.29, 0.717) is 0 Å². The SMILES string of the molecule is CC(c1cccnc1)N(c1ccccc1)c1ncnc2scc(-c3ccccc3)c12.